The Hall–Kier alpha value is -3.07. The van der Waals surface area contributed by atoms with Crippen LogP contribution in [0.4, 0.5) is 5.69 Å². The van der Waals surface area contributed by atoms with Gasteiger partial charge in [0.15, 0.2) is 27.4 Å². The van der Waals surface area contributed by atoms with Gasteiger partial charge in [0.1, 0.15) is 13.2 Å². The van der Waals surface area contributed by atoms with E-state index in [9.17, 15) is 18.0 Å². The number of sulfone groups is 1. The van der Waals surface area contributed by atoms with Gasteiger partial charge in [0, 0.05) is 11.8 Å². The summed E-state index contributed by atoms with van der Waals surface area (Å²) in [6.45, 7) is 7.92. The summed E-state index contributed by atoms with van der Waals surface area (Å²) in [7, 11) is -3.75. The largest absolute Gasteiger partial charge is 0.486 e. The van der Waals surface area contributed by atoms with Gasteiger partial charge in [-0.15, -0.1) is 0 Å². The molecular weight excluding hydrogens is 434 g/mol. The molecule has 8 nitrogen and oxygen atoms in total. The highest BCUT2D eigenvalue weighted by atomic mass is 32.2. The smallest absolute Gasteiger partial charge is 0.307 e. The summed E-state index contributed by atoms with van der Waals surface area (Å²) in [6, 6.07) is 8.22. The summed E-state index contributed by atoms with van der Waals surface area (Å²) < 4.78 is 41.2. The molecule has 172 valence electrons. The zero-order chi connectivity index (χ0) is 23.5. The fourth-order valence-electron chi connectivity index (χ4n) is 3.46. The number of benzene rings is 2. The van der Waals surface area contributed by atoms with Gasteiger partial charge in [0.25, 0.3) is 5.91 Å². The van der Waals surface area contributed by atoms with Crippen LogP contribution in [0.15, 0.2) is 35.2 Å². The van der Waals surface area contributed by atoms with E-state index in [2.05, 4.69) is 5.32 Å². The van der Waals surface area contributed by atoms with E-state index in [1.165, 1.54) is 25.1 Å². The van der Waals surface area contributed by atoms with Crippen LogP contribution in [0, 0.1) is 20.8 Å². The molecule has 0 spiro atoms. The Morgan fingerprint density at radius 1 is 1.03 bits per heavy atom. The van der Waals surface area contributed by atoms with E-state index in [0.29, 0.717) is 30.4 Å². The van der Waals surface area contributed by atoms with Crippen LogP contribution in [0.2, 0.25) is 0 Å². The van der Waals surface area contributed by atoms with Crippen molar-refractivity contribution in [1.82, 2.24) is 0 Å². The van der Waals surface area contributed by atoms with Gasteiger partial charge >= 0.3 is 5.97 Å². The molecule has 3 rings (SSSR count). The molecule has 1 N–H and O–H groups in total. The van der Waals surface area contributed by atoms with Crippen molar-refractivity contribution in [1.29, 1.82) is 0 Å². The van der Waals surface area contributed by atoms with Crippen molar-refractivity contribution < 1.29 is 32.2 Å². The first kappa shape index (κ1) is 23.6. The third-order valence-electron chi connectivity index (χ3n) is 5.05. The molecule has 1 aliphatic rings. The number of hydrogen-bond donors (Lipinski definition) is 1. The normalized spacial score (nSPS) is 13.9. The van der Waals surface area contributed by atoms with Gasteiger partial charge in [0.05, 0.1) is 17.1 Å². The van der Waals surface area contributed by atoms with Gasteiger partial charge in [-0.3, -0.25) is 9.59 Å². The molecule has 1 atom stereocenters. The number of anilines is 1. The van der Waals surface area contributed by atoms with Gasteiger partial charge in [0.2, 0.25) is 0 Å². The van der Waals surface area contributed by atoms with Crippen LogP contribution in [0.25, 0.3) is 0 Å². The molecule has 0 saturated heterocycles. The minimum Gasteiger partial charge on any atom is -0.486 e. The molecule has 0 fully saturated rings. The molecule has 2 aromatic carbocycles. The standard InChI is InChI=1S/C23H27NO7S/c1-14-11-15(2)22(16(3)12-14)24-23(26)17(4)31-21(25)7-10-32(27,28)18-5-6-19-20(13-18)30-9-8-29-19/h5-6,11-13,17H,7-10H2,1-4H3,(H,24,26). The summed E-state index contributed by atoms with van der Waals surface area (Å²) in [6.07, 6.45) is -1.45. The Bertz CT molecular complexity index is 1120. The quantitative estimate of drug-likeness (QED) is 0.631. The average molecular weight is 462 g/mol. The van der Waals surface area contributed by atoms with Gasteiger partial charge in [-0.25, -0.2) is 8.42 Å². The molecule has 0 aliphatic carbocycles. The highest BCUT2D eigenvalue weighted by molar-refractivity contribution is 7.91. The first-order chi connectivity index (χ1) is 15.1. The summed E-state index contributed by atoms with van der Waals surface area (Å²) in [5.41, 5.74) is 3.56. The first-order valence-electron chi connectivity index (χ1n) is 10.3. The van der Waals surface area contributed by atoms with Crippen molar-refractivity contribution in [3.05, 3.63) is 47.0 Å². The van der Waals surface area contributed by atoms with E-state index in [-0.39, 0.29) is 11.3 Å². The fraction of sp³-hybridized carbons (Fsp3) is 0.391. The Morgan fingerprint density at radius 3 is 2.31 bits per heavy atom. The molecule has 9 heteroatoms. The molecule has 1 aliphatic heterocycles. The molecule has 0 aromatic heterocycles. The van der Waals surface area contributed by atoms with Crippen LogP contribution in [-0.4, -0.2) is 45.4 Å². The van der Waals surface area contributed by atoms with Crippen LogP contribution >= 0.6 is 0 Å². The van der Waals surface area contributed by atoms with Crippen molar-refractivity contribution in [3.8, 4) is 11.5 Å². The molecule has 32 heavy (non-hydrogen) atoms. The van der Waals surface area contributed by atoms with Crippen LogP contribution in [0.5, 0.6) is 11.5 Å². The number of esters is 1. The number of carbonyl (C=O) groups is 2. The van der Waals surface area contributed by atoms with E-state index < -0.39 is 33.6 Å². The lowest BCUT2D eigenvalue weighted by atomic mass is 10.0. The SMILES string of the molecule is Cc1cc(C)c(NC(=O)C(C)OC(=O)CCS(=O)(=O)c2ccc3c(c2)OCCO3)c(C)c1. The van der Waals surface area contributed by atoms with Crippen LogP contribution < -0.4 is 14.8 Å². The molecule has 0 radical (unpaired) electrons. The van der Waals surface area contributed by atoms with Gasteiger partial charge in [-0.1, -0.05) is 17.7 Å². The van der Waals surface area contributed by atoms with E-state index in [1.807, 2.05) is 32.9 Å². The summed E-state index contributed by atoms with van der Waals surface area (Å²) in [5, 5.41) is 2.78. The number of amides is 1. The molecule has 0 bridgehead atoms. The molecule has 1 unspecified atom stereocenters. The molecular formula is C23H27NO7S. The third kappa shape index (κ3) is 5.59. The van der Waals surface area contributed by atoms with Crippen molar-refractivity contribution in [2.75, 3.05) is 24.3 Å². The maximum absolute atomic E-state index is 12.6. The second-order valence-electron chi connectivity index (χ2n) is 7.77. The van der Waals surface area contributed by atoms with E-state index in [0.717, 1.165) is 16.7 Å². The lowest BCUT2D eigenvalue weighted by molar-refractivity contribution is -0.152. The lowest BCUT2D eigenvalue weighted by Crippen LogP contribution is -2.31. The number of fused-ring (bicyclic) bond motifs is 1. The third-order valence-corrected chi connectivity index (χ3v) is 6.76. The number of nitrogens with one attached hydrogen (secondary N) is 1. The molecule has 1 amide bonds. The minimum atomic E-state index is -3.75. The Balaban J connectivity index is 1.56. The second-order valence-corrected chi connectivity index (χ2v) is 9.88. The lowest BCUT2D eigenvalue weighted by Gasteiger charge is -2.19. The predicted octanol–water partition coefficient (Wildman–Crippen LogP) is 3.12. The van der Waals surface area contributed by atoms with Crippen LogP contribution in [-0.2, 0) is 24.2 Å². The topological polar surface area (TPSA) is 108 Å². The minimum absolute atomic E-state index is 0.0330. The molecule has 0 saturated carbocycles. The van der Waals surface area contributed by atoms with Gasteiger partial charge in [-0.2, -0.15) is 0 Å². The van der Waals surface area contributed by atoms with Crippen molar-refractivity contribution in [3.63, 3.8) is 0 Å². The van der Waals surface area contributed by atoms with E-state index in [1.54, 1.807) is 0 Å². The highest BCUT2D eigenvalue weighted by Gasteiger charge is 2.23. The summed E-state index contributed by atoms with van der Waals surface area (Å²) in [4.78, 5) is 24.7. The number of aryl methyl sites for hydroxylation is 3. The Labute approximate surface area is 187 Å². The highest BCUT2D eigenvalue weighted by Crippen LogP contribution is 2.32. The number of ether oxygens (including phenoxy) is 3. The maximum atomic E-state index is 12.6. The van der Waals surface area contributed by atoms with Crippen LogP contribution in [0.3, 0.4) is 0 Å². The second kappa shape index (κ2) is 9.60. The predicted molar refractivity (Wildman–Crippen MR) is 119 cm³/mol. The van der Waals surface area contributed by atoms with E-state index >= 15 is 0 Å². The van der Waals surface area contributed by atoms with Crippen molar-refractivity contribution in [2.45, 2.75) is 45.1 Å². The number of rotatable bonds is 7. The Morgan fingerprint density at radius 2 is 1.66 bits per heavy atom. The maximum Gasteiger partial charge on any atom is 0.307 e. The first-order valence-corrected chi connectivity index (χ1v) is 11.9. The zero-order valence-electron chi connectivity index (χ0n) is 18.6. The van der Waals surface area contributed by atoms with Crippen LogP contribution in [0.1, 0.15) is 30.0 Å². The number of carbonyl (C=O) groups excluding carboxylic acids is 2. The Kier molecular flexibility index (Phi) is 7.08. The fourth-order valence-corrected chi connectivity index (χ4v) is 4.70. The van der Waals surface area contributed by atoms with Gasteiger partial charge in [-0.05, 0) is 51.0 Å². The summed E-state index contributed by atoms with van der Waals surface area (Å²) >= 11 is 0. The molecule has 2 aromatic rings. The molecule has 1 heterocycles. The van der Waals surface area contributed by atoms with E-state index in [4.69, 9.17) is 14.2 Å². The monoisotopic (exact) mass is 461 g/mol. The number of hydrogen-bond acceptors (Lipinski definition) is 7. The average Bonchev–Trinajstić information content (AvgIpc) is 2.74. The van der Waals surface area contributed by atoms with Crippen molar-refractivity contribution in [2.24, 2.45) is 0 Å². The summed E-state index contributed by atoms with van der Waals surface area (Å²) in [5.74, 6) is -0.870. The van der Waals surface area contributed by atoms with Crippen molar-refractivity contribution >= 4 is 27.4 Å². The zero-order valence-corrected chi connectivity index (χ0v) is 19.4. The van der Waals surface area contributed by atoms with Gasteiger partial charge < -0.3 is 19.5 Å².